The van der Waals surface area contributed by atoms with Crippen molar-refractivity contribution < 1.29 is 31.5 Å². The van der Waals surface area contributed by atoms with Crippen molar-refractivity contribution >= 4 is 15.9 Å². The lowest BCUT2D eigenvalue weighted by Crippen LogP contribution is -2.55. The second-order valence-electron chi connectivity index (χ2n) is 10.5. The first-order valence-corrected chi connectivity index (χ1v) is 13.7. The molecule has 10 heteroatoms. The van der Waals surface area contributed by atoms with E-state index in [0.717, 1.165) is 0 Å². The molecule has 2 aromatic carbocycles. The predicted molar refractivity (Wildman–Crippen MR) is 128 cm³/mol. The number of hydrogen-bond donors (Lipinski definition) is 2. The van der Waals surface area contributed by atoms with Gasteiger partial charge in [0.05, 0.1) is 6.04 Å². The smallest absolute Gasteiger partial charge is 0.350 e. The minimum absolute atomic E-state index is 0.0861. The lowest BCUT2D eigenvalue weighted by Gasteiger charge is -2.34. The molecule has 6 nitrogen and oxygen atoms in total. The number of sulfonamides is 1. The van der Waals surface area contributed by atoms with Gasteiger partial charge in [0.2, 0.25) is 0 Å². The van der Waals surface area contributed by atoms with Crippen molar-refractivity contribution in [3.63, 3.8) is 0 Å². The van der Waals surface area contributed by atoms with Crippen molar-refractivity contribution in [3.05, 3.63) is 59.9 Å². The van der Waals surface area contributed by atoms with E-state index >= 15 is 4.39 Å². The molecule has 194 valence electrons. The van der Waals surface area contributed by atoms with Gasteiger partial charge in [-0.05, 0) is 56.1 Å². The third-order valence-corrected chi connectivity index (χ3v) is 9.06. The molecule has 3 atom stereocenters. The number of nitrogens with one attached hydrogen (secondary N) is 1. The van der Waals surface area contributed by atoms with E-state index in [4.69, 9.17) is 0 Å². The molecule has 2 aliphatic carbocycles. The zero-order valence-corrected chi connectivity index (χ0v) is 20.6. The summed E-state index contributed by atoms with van der Waals surface area (Å²) >= 11 is 0. The molecular weight excluding hydrogens is 493 g/mol. The Morgan fingerprint density at radius 3 is 2.42 bits per heavy atom. The highest BCUT2D eigenvalue weighted by Gasteiger charge is 2.63. The van der Waals surface area contributed by atoms with Crippen LogP contribution in [0.5, 0.6) is 0 Å². The van der Waals surface area contributed by atoms with Crippen LogP contribution in [0.25, 0.3) is 11.1 Å². The highest BCUT2D eigenvalue weighted by atomic mass is 32.2. The van der Waals surface area contributed by atoms with Crippen molar-refractivity contribution in [1.82, 2.24) is 9.62 Å². The second kappa shape index (κ2) is 8.85. The van der Waals surface area contributed by atoms with E-state index in [1.807, 2.05) is 6.07 Å². The standard InChI is InChI=1S/C26H29F3N2O4S/c1-25(33,18-10-11-18)23(32)31-15-26(12-13-26)22(30-36(34,35)24(28)29)20(31)14-17-8-5-9-19(21(17)27)16-6-3-2-4-7-16/h2-9,18,20,22,24,30,33H,10-15H2,1H3/t20-,22+,25-/m0/s1. The number of carbonyl (C=O) groups is 1. The molecule has 36 heavy (non-hydrogen) atoms. The number of halogens is 3. The number of rotatable bonds is 8. The Balaban J connectivity index is 1.53. The number of likely N-dealkylation sites (tertiary alicyclic amines) is 1. The first kappa shape index (κ1) is 25.2. The SMILES string of the molecule is C[C@@](O)(C(=O)N1CC2(CC2)[C@H](NS(=O)(=O)C(F)F)[C@@H]1Cc1cccc(-c2ccccc2)c1F)C1CC1. The van der Waals surface area contributed by atoms with Crippen molar-refractivity contribution in [3.8, 4) is 11.1 Å². The number of alkyl halides is 2. The zero-order chi connectivity index (χ0) is 25.9. The molecule has 0 bridgehead atoms. The lowest BCUT2D eigenvalue weighted by molar-refractivity contribution is -0.153. The molecular formula is C26H29F3N2O4S. The van der Waals surface area contributed by atoms with Crippen molar-refractivity contribution in [1.29, 1.82) is 0 Å². The van der Waals surface area contributed by atoms with Crippen LogP contribution in [0.1, 0.15) is 38.2 Å². The molecule has 0 unspecified atom stereocenters. The van der Waals surface area contributed by atoms with E-state index in [0.29, 0.717) is 36.8 Å². The molecule has 2 saturated carbocycles. The topological polar surface area (TPSA) is 86.7 Å². The van der Waals surface area contributed by atoms with E-state index in [1.54, 1.807) is 42.5 Å². The first-order chi connectivity index (χ1) is 17.0. The van der Waals surface area contributed by atoms with Crippen LogP contribution >= 0.6 is 0 Å². The zero-order valence-electron chi connectivity index (χ0n) is 19.8. The summed E-state index contributed by atoms with van der Waals surface area (Å²) in [7, 11) is -4.97. The highest BCUT2D eigenvalue weighted by molar-refractivity contribution is 7.89. The van der Waals surface area contributed by atoms with Crippen LogP contribution in [-0.4, -0.2) is 54.3 Å². The van der Waals surface area contributed by atoms with Crippen LogP contribution in [0, 0.1) is 17.2 Å². The molecule has 0 aromatic heterocycles. The summed E-state index contributed by atoms with van der Waals surface area (Å²) in [6.45, 7) is 1.56. The number of benzene rings is 2. The summed E-state index contributed by atoms with van der Waals surface area (Å²) in [5, 5.41) is 11.0. The average molecular weight is 523 g/mol. The molecule has 1 saturated heterocycles. The molecule has 3 aliphatic rings. The molecule has 2 aromatic rings. The fourth-order valence-corrected chi connectivity index (χ4v) is 6.43. The second-order valence-corrected chi connectivity index (χ2v) is 12.2. The van der Waals surface area contributed by atoms with Crippen LogP contribution in [-0.2, 0) is 21.2 Å². The minimum Gasteiger partial charge on any atom is -0.380 e. The van der Waals surface area contributed by atoms with Crippen molar-refractivity contribution in [2.75, 3.05) is 6.54 Å². The largest absolute Gasteiger partial charge is 0.380 e. The van der Waals surface area contributed by atoms with Gasteiger partial charge in [-0.2, -0.15) is 8.78 Å². The van der Waals surface area contributed by atoms with Crippen molar-refractivity contribution in [2.45, 2.75) is 62.5 Å². The van der Waals surface area contributed by atoms with Crippen molar-refractivity contribution in [2.24, 2.45) is 11.3 Å². The monoisotopic (exact) mass is 522 g/mol. The van der Waals surface area contributed by atoms with Crippen LogP contribution < -0.4 is 4.72 Å². The van der Waals surface area contributed by atoms with Crippen LogP contribution in [0.2, 0.25) is 0 Å². The Morgan fingerprint density at radius 2 is 1.83 bits per heavy atom. The molecule has 1 spiro atoms. The average Bonchev–Trinajstić information content (AvgIpc) is 3.76. The maximum absolute atomic E-state index is 15.7. The van der Waals surface area contributed by atoms with Gasteiger partial charge in [0.1, 0.15) is 11.4 Å². The summed E-state index contributed by atoms with van der Waals surface area (Å²) in [5.41, 5.74) is -1.13. The van der Waals surface area contributed by atoms with E-state index in [2.05, 4.69) is 4.72 Å². The van der Waals surface area contributed by atoms with Crippen LogP contribution in [0.4, 0.5) is 13.2 Å². The summed E-state index contributed by atoms with van der Waals surface area (Å²) in [5.74, 6) is -4.93. The number of carbonyl (C=O) groups excluding carboxylic acids is 1. The lowest BCUT2D eigenvalue weighted by atomic mass is 9.91. The Labute approximate surface area is 208 Å². The van der Waals surface area contributed by atoms with Gasteiger partial charge in [0, 0.05) is 23.6 Å². The Hall–Kier alpha value is -2.43. The number of amides is 1. The summed E-state index contributed by atoms with van der Waals surface area (Å²) < 4.78 is 68.9. The fraction of sp³-hybridized carbons (Fsp3) is 0.500. The van der Waals surface area contributed by atoms with Gasteiger partial charge in [-0.3, -0.25) is 4.79 Å². The van der Waals surface area contributed by atoms with Gasteiger partial charge < -0.3 is 10.0 Å². The van der Waals surface area contributed by atoms with Gasteiger partial charge in [-0.25, -0.2) is 17.5 Å². The molecule has 2 N–H and O–H groups in total. The third kappa shape index (κ3) is 4.43. The molecule has 1 amide bonds. The van der Waals surface area contributed by atoms with E-state index in [9.17, 15) is 27.1 Å². The normalized spacial score (nSPS) is 24.8. The molecule has 1 aliphatic heterocycles. The fourth-order valence-electron chi connectivity index (χ4n) is 5.57. The maximum atomic E-state index is 15.7. The Kier molecular flexibility index (Phi) is 6.20. The first-order valence-electron chi connectivity index (χ1n) is 12.1. The Bertz CT molecular complexity index is 1260. The van der Waals surface area contributed by atoms with Crippen LogP contribution in [0.15, 0.2) is 48.5 Å². The van der Waals surface area contributed by atoms with Crippen LogP contribution in [0.3, 0.4) is 0 Å². The van der Waals surface area contributed by atoms with Gasteiger partial charge >= 0.3 is 5.76 Å². The minimum atomic E-state index is -4.97. The van der Waals surface area contributed by atoms with Gasteiger partial charge in [-0.15, -0.1) is 0 Å². The predicted octanol–water partition coefficient (Wildman–Crippen LogP) is 3.70. The van der Waals surface area contributed by atoms with E-state index < -0.39 is 50.6 Å². The quantitative estimate of drug-likeness (QED) is 0.554. The molecule has 3 fully saturated rings. The highest BCUT2D eigenvalue weighted by Crippen LogP contribution is 2.56. The Morgan fingerprint density at radius 1 is 1.17 bits per heavy atom. The summed E-state index contributed by atoms with van der Waals surface area (Å²) in [4.78, 5) is 14.9. The third-order valence-electron chi connectivity index (χ3n) is 8.01. The molecule has 0 radical (unpaired) electrons. The number of hydrogen-bond acceptors (Lipinski definition) is 4. The molecule has 1 heterocycles. The number of aliphatic hydroxyl groups is 1. The maximum Gasteiger partial charge on any atom is 0.350 e. The van der Waals surface area contributed by atoms with Gasteiger partial charge in [0.25, 0.3) is 15.9 Å². The van der Waals surface area contributed by atoms with E-state index in [-0.39, 0.29) is 24.4 Å². The molecule has 5 rings (SSSR count). The van der Waals surface area contributed by atoms with Gasteiger partial charge in [0.15, 0.2) is 0 Å². The van der Waals surface area contributed by atoms with E-state index in [1.165, 1.54) is 11.8 Å². The summed E-state index contributed by atoms with van der Waals surface area (Å²) in [6.07, 6.45) is 2.38. The number of nitrogens with zero attached hydrogens (tertiary/aromatic N) is 1. The summed E-state index contributed by atoms with van der Waals surface area (Å²) in [6, 6.07) is 11.8. The van der Waals surface area contributed by atoms with Gasteiger partial charge in [-0.1, -0.05) is 48.5 Å².